The van der Waals surface area contributed by atoms with Crippen LogP contribution in [-0.2, 0) is 11.2 Å². The minimum Gasteiger partial charge on any atom is -0.368 e. The highest BCUT2D eigenvalue weighted by Crippen LogP contribution is 2.34. The van der Waals surface area contributed by atoms with E-state index >= 15 is 0 Å². The van der Waals surface area contributed by atoms with Gasteiger partial charge in [0.15, 0.2) is 0 Å². The molecular formula is C23H26ClN3OS. The Bertz CT molecular complexity index is 978. The number of nitrogens with two attached hydrogens (primary N) is 1. The summed E-state index contributed by atoms with van der Waals surface area (Å²) in [4.78, 5) is 17.1. The van der Waals surface area contributed by atoms with Crippen LogP contribution in [0.25, 0.3) is 16.2 Å². The van der Waals surface area contributed by atoms with Gasteiger partial charge in [0.25, 0.3) is 0 Å². The summed E-state index contributed by atoms with van der Waals surface area (Å²) in [5.74, 6) is -0.413. The van der Waals surface area contributed by atoms with Crippen molar-refractivity contribution in [1.29, 1.82) is 0 Å². The van der Waals surface area contributed by atoms with Crippen LogP contribution in [0.3, 0.4) is 0 Å². The summed E-state index contributed by atoms with van der Waals surface area (Å²) in [7, 11) is 0. The van der Waals surface area contributed by atoms with Gasteiger partial charge >= 0.3 is 0 Å². The molecule has 1 aliphatic heterocycles. The molecule has 0 spiro atoms. The summed E-state index contributed by atoms with van der Waals surface area (Å²) in [6.45, 7) is 5.36. The Balaban J connectivity index is 0.00000240. The molecule has 3 aromatic rings. The first kappa shape index (κ1) is 21.4. The monoisotopic (exact) mass is 427 g/mol. The number of rotatable bonds is 6. The van der Waals surface area contributed by atoms with E-state index in [1.807, 2.05) is 0 Å². The number of hydrogen-bond acceptors (Lipinski definition) is 4. The van der Waals surface area contributed by atoms with Gasteiger partial charge in [0, 0.05) is 59.5 Å². The van der Waals surface area contributed by atoms with Crippen molar-refractivity contribution in [3.8, 4) is 0 Å². The van der Waals surface area contributed by atoms with Gasteiger partial charge in [-0.25, -0.2) is 0 Å². The number of benzene rings is 2. The van der Waals surface area contributed by atoms with Crippen LogP contribution in [0.15, 0.2) is 60.7 Å². The van der Waals surface area contributed by atoms with Crippen molar-refractivity contribution in [1.82, 2.24) is 4.90 Å². The molecule has 0 radical (unpaired) electrons. The van der Waals surface area contributed by atoms with E-state index in [0.717, 1.165) is 44.0 Å². The zero-order chi connectivity index (χ0) is 19.3. The SMILES string of the molecule is Cl.NC(=O)/C=C/c1cc2c(N3CCN(CCc4ccccc4)CC3)cccc2s1. The summed E-state index contributed by atoms with van der Waals surface area (Å²) in [5.41, 5.74) is 7.92. The third-order valence-corrected chi connectivity index (χ3v) is 6.31. The highest BCUT2D eigenvalue weighted by molar-refractivity contribution is 7.20. The van der Waals surface area contributed by atoms with E-state index in [9.17, 15) is 4.79 Å². The molecule has 1 aromatic heterocycles. The quantitative estimate of drug-likeness (QED) is 0.600. The molecule has 1 saturated heterocycles. The molecular weight excluding hydrogens is 402 g/mol. The molecule has 0 unspecified atom stereocenters. The van der Waals surface area contributed by atoms with Gasteiger partial charge in [-0.15, -0.1) is 23.7 Å². The summed E-state index contributed by atoms with van der Waals surface area (Å²) < 4.78 is 1.24. The fraction of sp³-hybridized carbons (Fsp3) is 0.261. The van der Waals surface area contributed by atoms with Crippen LogP contribution >= 0.6 is 23.7 Å². The van der Waals surface area contributed by atoms with E-state index in [1.54, 1.807) is 17.4 Å². The lowest BCUT2D eigenvalue weighted by Gasteiger charge is -2.36. The van der Waals surface area contributed by atoms with E-state index in [4.69, 9.17) is 5.73 Å². The Morgan fingerprint density at radius 3 is 2.52 bits per heavy atom. The van der Waals surface area contributed by atoms with Crippen molar-refractivity contribution >= 4 is 51.5 Å². The summed E-state index contributed by atoms with van der Waals surface area (Å²) in [5, 5.41) is 1.26. The van der Waals surface area contributed by atoms with E-state index in [2.05, 4.69) is 64.4 Å². The van der Waals surface area contributed by atoms with Crippen LogP contribution in [0, 0.1) is 0 Å². The number of carbonyl (C=O) groups is 1. The zero-order valence-electron chi connectivity index (χ0n) is 16.3. The molecule has 4 nitrogen and oxygen atoms in total. The van der Waals surface area contributed by atoms with E-state index < -0.39 is 5.91 Å². The number of nitrogens with zero attached hydrogens (tertiary/aromatic N) is 2. The molecule has 152 valence electrons. The van der Waals surface area contributed by atoms with Crippen molar-refractivity contribution in [2.24, 2.45) is 5.73 Å². The minimum absolute atomic E-state index is 0. The van der Waals surface area contributed by atoms with Crippen LogP contribution in [0.5, 0.6) is 0 Å². The van der Waals surface area contributed by atoms with Crippen molar-refractivity contribution in [3.63, 3.8) is 0 Å². The van der Waals surface area contributed by atoms with Gasteiger partial charge in [0.05, 0.1) is 0 Å². The predicted octanol–water partition coefficient (Wildman–Crippen LogP) is 4.19. The first-order valence-electron chi connectivity index (χ1n) is 9.70. The number of piperazine rings is 1. The van der Waals surface area contributed by atoms with E-state index in [-0.39, 0.29) is 12.4 Å². The number of anilines is 1. The minimum atomic E-state index is -0.413. The molecule has 29 heavy (non-hydrogen) atoms. The number of fused-ring (bicyclic) bond motifs is 1. The maximum atomic E-state index is 11.0. The molecule has 6 heteroatoms. The maximum Gasteiger partial charge on any atom is 0.241 e. The Hall–Kier alpha value is -2.34. The van der Waals surface area contributed by atoms with Gasteiger partial charge in [-0.3, -0.25) is 9.69 Å². The summed E-state index contributed by atoms with van der Waals surface area (Å²) in [6, 6.07) is 19.3. The molecule has 0 aliphatic carbocycles. The number of primary amides is 1. The van der Waals surface area contributed by atoms with Gasteiger partial charge in [-0.2, -0.15) is 0 Å². The van der Waals surface area contributed by atoms with Gasteiger partial charge < -0.3 is 10.6 Å². The van der Waals surface area contributed by atoms with Crippen LogP contribution in [-0.4, -0.2) is 43.5 Å². The molecule has 0 bridgehead atoms. The second-order valence-electron chi connectivity index (χ2n) is 7.14. The van der Waals surface area contributed by atoms with Crippen LogP contribution in [0.4, 0.5) is 5.69 Å². The lowest BCUT2D eigenvalue weighted by atomic mass is 10.1. The molecule has 4 rings (SSSR count). The molecule has 0 atom stereocenters. The Kier molecular flexibility index (Phi) is 7.31. The van der Waals surface area contributed by atoms with Crippen molar-refractivity contribution in [2.75, 3.05) is 37.6 Å². The molecule has 1 amide bonds. The molecule has 2 aromatic carbocycles. The lowest BCUT2D eigenvalue weighted by Crippen LogP contribution is -2.47. The van der Waals surface area contributed by atoms with Crippen LogP contribution < -0.4 is 10.6 Å². The van der Waals surface area contributed by atoms with Crippen molar-refractivity contribution in [2.45, 2.75) is 6.42 Å². The topological polar surface area (TPSA) is 49.6 Å². The molecule has 1 fully saturated rings. The van der Waals surface area contributed by atoms with Crippen molar-refractivity contribution in [3.05, 3.63) is 71.1 Å². The summed E-state index contributed by atoms with van der Waals surface area (Å²) in [6.07, 6.45) is 4.34. The average molecular weight is 428 g/mol. The number of hydrogen-bond donors (Lipinski definition) is 1. The van der Waals surface area contributed by atoms with E-state index in [0.29, 0.717) is 0 Å². The first-order valence-corrected chi connectivity index (χ1v) is 10.5. The first-order chi connectivity index (χ1) is 13.7. The van der Waals surface area contributed by atoms with Gasteiger partial charge in [0.1, 0.15) is 0 Å². The predicted molar refractivity (Wildman–Crippen MR) is 126 cm³/mol. The number of carbonyl (C=O) groups excluding carboxylic acids is 1. The normalized spacial score (nSPS) is 15.0. The van der Waals surface area contributed by atoms with Gasteiger partial charge in [-0.05, 0) is 36.3 Å². The summed E-state index contributed by atoms with van der Waals surface area (Å²) >= 11 is 1.69. The smallest absolute Gasteiger partial charge is 0.241 e. The fourth-order valence-corrected chi connectivity index (χ4v) is 4.72. The highest BCUT2D eigenvalue weighted by Gasteiger charge is 2.19. The lowest BCUT2D eigenvalue weighted by molar-refractivity contribution is -0.113. The number of amides is 1. The largest absolute Gasteiger partial charge is 0.368 e. The molecule has 0 saturated carbocycles. The Labute approximate surface area is 182 Å². The maximum absolute atomic E-state index is 11.0. The third kappa shape index (κ3) is 5.38. The molecule has 1 aliphatic rings. The number of halogens is 1. The second-order valence-corrected chi connectivity index (χ2v) is 8.25. The molecule has 2 heterocycles. The van der Waals surface area contributed by atoms with E-state index in [1.165, 1.54) is 27.4 Å². The van der Waals surface area contributed by atoms with Crippen molar-refractivity contribution < 1.29 is 4.79 Å². The van der Waals surface area contributed by atoms with Gasteiger partial charge in [-0.1, -0.05) is 36.4 Å². The fourth-order valence-electron chi connectivity index (χ4n) is 3.73. The number of thiophene rings is 1. The highest BCUT2D eigenvalue weighted by atomic mass is 35.5. The van der Waals surface area contributed by atoms with Crippen LogP contribution in [0.1, 0.15) is 10.4 Å². The Morgan fingerprint density at radius 1 is 1.03 bits per heavy atom. The molecule has 2 N–H and O–H groups in total. The third-order valence-electron chi connectivity index (χ3n) is 5.24. The van der Waals surface area contributed by atoms with Gasteiger partial charge in [0.2, 0.25) is 5.91 Å². The second kappa shape index (κ2) is 9.92. The Morgan fingerprint density at radius 2 is 1.79 bits per heavy atom. The van der Waals surface area contributed by atoms with Crippen LogP contribution in [0.2, 0.25) is 0 Å². The standard InChI is InChI=1S/C23H25N3OS.ClH/c24-23(27)10-9-19-17-20-21(7-4-8-22(20)28-19)26-15-13-25(14-16-26)12-11-18-5-2-1-3-6-18;/h1-10,17H,11-16H2,(H2,24,27);1H/b10-9+;. The zero-order valence-corrected chi connectivity index (χ0v) is 17.9. The average Bonchev–Trinajstić information content (AvgIpc) is 3.15.